The molecule has 2 unspecified atom stereocenters. The molecular formula is C9H13NOS2. The summed E-state index contributed by atoms with van der Waals surface area (Å²) in [6, 6.07) is 2.13. The average Bonchev–Trinajstić information content (AvgIpc) is 2.52. The Kier molecular flexibility index (Phi) is 2.91. The van der Waals surface area contributed by atoms with Crippen LogP contribution in [0.1, 0.15) is 22.8 Å². The molecule has 1 aliphatic rings. The minimum Gasteiger partial charge on any atom is -0.467 e. The van der Waals surface area contributed by atoms with E-state index >= 15 is 0 Å². The van der Waals surface area contributed by atoms with Crippen LogP contribution in [0.15, 0.2) is 16.7 Å². The van der Waals surface area contributed by atoms with Crippen molar-refractivity contribution >= 4 is 23.5 Å². The van der Waals surface area contributed by atoms with Gasteiger partial charge in [0, 0.05) is 5.88 Å². The monoisotopic (exact) mass is 215 g/mol. The Morgan fingerprint density at radius 1 is 1.62 bits per heavy atom. The summed E-state index contributed by atoms with van der Waals surface area (Å²) in [6.07, 6.45) is 1.82. The molecule has 2 atom stereocenters. The van der Waals surface area contributed by atoms with Gasteiger partial charge in [-0.05, 0) is 25.5 Å². The van der Waals surface area contributed by atoms with E-state index in [1.165, 1.54) is 5.56 Å². The Hall–Kier alpha value is -0.0600. The molecule has 1 fully saturated rings. The highest BCUT2D eigenvalue weighted by molar-refractivity contribution is 8.17. The number of hydrogen-bond donors (Lipinski definition) is 1. The van der Waals surface area contributed by atoms with Gasteiger partial charge in [0.25, 0.3) is 0 Å². The van der Waals surface area contributed by atoms with Crippen molar-refractivity contribution in [2.24, 2.45) is 0 Å². The summed E-state index contributed by atoms with van der Waals surface area (Å²) in [5, 5.41) is 3.90. The van der Waals surface area contributed by atoms with E-state index < -0.39 is 0 Å². The highest BCUT2D eigenvalue weighted by Gasteiger charge is 2.23. The zero-order valence-corrected chi connectivity index (χ0v) is 9.37. The third-order valence-corrected chi connectivity index (χ3v) is 4.58. The number of hydrogen-bond acceptors (Lipinski definition) is 4. The minimum absolute atomic E-state index is 0.463. The van der Waals surface area contributed by atoms with Gasteiger partial charge < -0.3 is 4.42 Å². The lowest BCUT2D eigenvalue weighted by Gasteiger charge is -2.25. The molecule has 0 radical (unpaired) electrons. The van der Waals surface area contributed by atoms with E-state index in [2.05, 4.69) is 25.2 Å². The van der Waals surface area contributed by atoms with E-state index in [4.69, 9.17) is 4.42 Å². The van der Waals surface area contributed by atoms with E-state index in [0.29, 0.717) is 9.96 Å². The highest BCUT2D eigenvalue weighted by Crippen LogP contribution is 2.44. The van der Waals surface area contributed by atoms with Crippen molar-refractivity contribution in [2.45, 2.75) is 23.8 Å². The molecular weight excluding hydrogens is 202 g/mol. The summed E-state index contributed by atoms with van der Waals surface area (Å²) in [5.41, 5.74) is 1.21. The Bertz CT molecular complexity index is 287. The molecule has 2 rings (SSSR count). The van der Waals surface area contributed by atoms with Crippen LogP contribution < -0.4 is 5.32 Å². The van der Waals surface area contributed by atoms with Crippen molar-refractivity contribution in [1.29, 1.82) is 0 Å². The van der Waals surface area contributed by atoms with Crippen molar-refractivity contribution in [3.05, 3.63) is 23.7 Å². The SMILES string of the molecule is Cc1coc(C2SCNC(C)S2)c1. The molecule has 0 bridgehead atoms. The summed E-state index contributed by atoms with van der Waals surface area (Å²) in [6.45, 7) is 4.25. The van der Waals surface area contributed by atoms with Gasteiger partial charge in [0.15, 0.2) is 0 Å². The fourth-order valence-electron chi connectivity index (χ4n) is 1.24. The largest absolute Gasteiger partial charge is 0.467 e. The van der Waals surface area contributed by atoms with Crippen molar-refractivity contribution in [3.63, 3.8) is 0 Å². The summed E-state index contributed by atoms with van der Waals surface area (Å²) < 4.78 is 5.95. The van der Waals surface area contributed by atoms with E-state index in [1.54, 1.807) is 0 Å². The Morgan fingerprint density at radius 2 is 2.46 bits per heavy atom. The zero-order chi connectivity index (χ0) is 9.26. The third kappa shape index (κ3) is 2.24. The van der Waals surface area contributed by atoms with Crippen molar-refractivity contribution in [3.8, 4) is 0 Å². The Balaban J connectivity index is 2.08. The van der Waals surface area contributed by atoms with E-state index in [-0.39, 0.29) is 0 Å². The molecule has 0 saturated carbocycles. The lowest BCUT2D eigenvalue weighted by Crippen LogP contribution is -2.27. The van der Waals surface area contributed by atoms with Crippen LogP contribution in [-0.2, 0) is 0 Å². The summed E-state index contributed by atoms with van der Waals surface area (Å²) in [4.78, 5) is 0. The van der Waals surface area contributed by atoms with Gasteiger partial charge in [0.2, 0.25) is 0 Å². The summed E-state index contributed by atoms with van der Waals surface area (Å²) >= 11 is 3.80. The first kappa shape index (κ1) is 9.49. The normalized spacial score (nSPS) is 29.1. The van der Waals surface area contributed by atoms with Gasteiger partial charge in [-0.3, -0.25) is 5.32 Å². The van der Waals surface area contributed by atoms with E-state index in [9.17, 15) is 0 Å². The number of thioether (sulfide) groups is 2. The summed E-state index contributed by atoms with van der Waals surface area (Å²) in [5.74, 6) is 2.11. The lowest BCUT2D eigenvalue weighted by molar-refractivity contribution is 0.525. The van der Waals surface area contributed by atoms with Crippen LogP contribution in [0.5, 0.6) is 0 Å². The van der Waals surface area contributed by atoms with Gasteiger partial charge in [-0.15, -0.1) is 23.5 Å². The van der Waals surface area contributed by atoms with Crippen LogP contribution >= 0.6 is 23.5 Å². The smallest absolute Gasteiger partial charge is 0.127 e. The molecule has 0 amide bonds. The lowest BCUT2D eigenvalue weighted by atomic mass is 10.3. The standard InChI is InChI=1S/C9H13NOS2/c1-6-3-8(11-4-6)9-12-5-10-7(2)13-9/h3-4,7,9-10H,5H2,1-2H3. The highest BCUT2D eigenvalue weighted by atomic mass is 32.2. The fraction of sp³-hybridized carbons (Fsp3) is 0.556. The van der Waals surface area contributed by atoms with Crippen LogP contribution in [0.2, 0.25) is 0 Å². The molecule has 13 heavy (non-hydrogen) atoms. The number of nitrogens with one attached hydrogen (secondary N) is 1. The number of rotatable bonds is 1. The van der Waals surface area contributed by atoms with Crippen molar-refractivity contribution < 1.29 is 4.42 Å². The molecule has 72 valence electrons. The predicted octanol–water partition coefficient (Wildman–Crippen LogP) is 2.96. The second kappa shape index (κ2) is 3.98. The molecule has 0 spiro atoms. The van der Waals surface area contributed by atoms with Gasteiger partial charge in [0.1, 0.15) is 10.3 Å². The van der Waals surface area contributed by atoms with Crippen LogP contribution in [0.4, 0.5) is 0 Å². The molecule has 1 aromatic heterocycles. The Morgan fingerprint density at radius 3 is 3.08 bits per heavy atom. The molecule has 1 aromatic rings. The van der Waals surface area contributed by atoms with Gasteiger partial charge in [-0.25, -0.2) is 0 Å². The quantitative estimate of drug-likeness (QED) is 0.778. The van der Waals surface area contributed by atoms with Crippen LogP contribution in [-0.4, -0.2) is 11.3 Å². The third-order valence-electron chi connectivity index (χ3n) is 1.92. The molecule has 1 saturated heterocycles. The molecule has 2 heterocycles. The maximum Gasteiger partial charge on any atom is 0.127 e. The van der Waals surface area contributed by atoms with E-state index in [1.807, 2.05) is 29.8 Å². The molecule has 1 N–H and O–H groups in total. The van der Waals surface area contributed by atoms with Crippen LogP contribution in [0.3, 0.4) is 0 Å². The van der Waals surface area contributed by atoms with Crippen LogP contribution in [0.25, 0.3) is 0 Å². The van der Waals surface area contributed by atoms with Gasteiger partial charge in [0.05, 0.1) is 11.6 Å². The Labute approximate surface area is 86.8 Å². The zero-order valence-electron chi connectivity index (χ0n) is 7.74. The van der Waals surface area contributed by atoms with E-state index in [0.717, 1.165) is 11.6 Å². The first-order valence-electron chi connectivity index (χ1n) is 4.31. The maximum atomic E-state index is 5.48. The van der Waals surface area contributed by atoms with Gasteiger partial charge >= 0.3 is 0 Å². The second-order valence-corrected chi connectivity index (χ2v) is 5.99. The number of aryl methyl sites for hydroxylation is 1. The van der Waals surface area contributed by atoms with Gasteiger partial charge in [-0.2, -0.15) is 0 Å². The first-order valence-corrected chi connectivity index (χ1v) is 6.30. The minimum atomic E-state index is 0.463. The van der Waals surface area contributed by atoms with Gasteiger partial charge in [-0.1, -0.05) is 0 Å². The summed E-state index contributed by atoms with van der Waals surface area (Å²) in [7, 11) is 0. The van der Waals surface area contributed by atoms with Crippen molar-refractivity contribution in [2.75, 3.05) is 5.88 Å². The molecule has 1 aliphatic heterocycles. The number of furan rings is 1. The predicted molar refractivity (Wildman–Crippen MR) is 58.8 cm³/mol. The molecule has 4 heteroatoms. The topological polar surface area (TPSA) is 25.2 Å². The average molecular weight is 215 g/mol. The molecule has 0 aromatic carbocycles. The molecule has 2 nitrogen and oxygen atoms in total. The van der Waals surface area contributed by atoms with Crippen LogP contribution in [0, 0.1) is 6.92 Å². The second-order valence-electron chi connectivity index (χ2n) is 3.15. The molecule has 0 aliphatic carbocycles. The maximum absolute atomic E-state index is 5.48. The van der Waals surface area contributed by atoms with Crippen molar-refractivity contribution in [1.82, 2.24) is 5.32 Å². The fourth-order valence-corrected chi connectivity index (χ4v) is 3.96. The first-order chi connectivity index (χ1) is 6.25.